The Morgan fingerprint density at radius 1 is 0.596 bits per heavy atom. The average molecular weight is 769 g/mol. The second-order valence-corrected chi connectivity index (χ2v) is 14.1. The number of hydrogen-bond donors (Lipinski definition) is 0. The third-order valence-electron chi connectivity index (χ3n) is 10.7. The second-order valence-electron chi connectivity index (χ2n) is 14.1. The van der Waals surface area contributed by atoms with Crippen molar-refractivity contribution < 1.29 is 47.5 Å². The highest BCUT2D eigenvalue weighted by atomic mass is 16.7. The minimum atomic E-state index is -0.235. The van der Waals surface area contributed by atoms with Crippen LogP contribution in [0.3, 0.4) is 0 Å². The number of carbonyl (C=O) groups is 2. The standard InChI is InChI=1S/C43H36N4O10/c1-50-36-14-30-32(44-18-28-10-26(20-46(28)42(30)48)24-4-6-34-38(12-24)56-22-54-34)16-40(36)52-8-3-9-53-41-17-33-31(15-37(41)51-2)43(49)47-21-27(11-29(47)19-45-33)25-5-7-35-39(13-25)57-23-55-35/h4-7,12-21,28-29H,3,8-11,22-23H2,1-2H3/t28-,29-/m0/s1. The largest absolute Gasteiger partial charge is 0.493 e. The van der Waals surface area contributed by atoms with Gasteiger partial charge in [0.2, 0.25) is 13.6 Å². The predicted octanol–water partition coefficient (Wildman–Crippen LogP) is 6.95. The fourth-order valence-corrected chi connectivity index (χ4v) is 7.76. The van der Waals surface area contributed by atoms with Crippen molar-refractivity contribution in [3.63, 3.8) is 0 Å². The van der Waals surface area contributed by atoms with E-state index in [9.17, 15) is 9.59 Å². The highest BCUT2D eigenvalue weighted by Gasteiger charge is 2.35. The Labute approximate surface area is 327 Å². The zero-order valence-corrected chi connectivity index (χ0v) is 31.1. The summed E-state index contributed by atoms with van der Waals surface area (Å²) in [6, 6.07) is 17.9. The zero-order valence-electron chi connectivity index (χ0n) is 31.1. The van der Waals surface area contributed by atoms with Crippen molar-refractivity contribution in [1.29, 1.82) is 0 Å². The number of amides is 2. The molecule has 0 spiro atoms. The Bertz CT molecular complexity index is 2310. The van der Waals surface area contributed by atoms with Crippen LogP contribution in [0.2, 0.25) is 0 Å². The third-order valence-corrected chi connectivity index (χ3v) is 10.7. The number of methoxy groups -OCH3 is 2. The summed E-state index contributed by atoms with van der Waals surface area (Å²) in [7, 11) is 3.07. The molecular weight excluding hydrogens is 732 g/mol. The van der Waals surface area contributed by atoms with Gasteiger partial charge >= 0.3 is 0 Å². The van der Waals surface area contributed by atoms with Crippen LogP contribution in [0.5, 0.6) is 46.0 Å². The minimum Gasteiger partial charge on any atom is -0.493 e. The highest BCUT2D eigenvalue weighted by Crippen LogP contribution is 2.44. The molecule has 2 amide bonds. The lowest BCUT2D eigenvalue weighted by Crippen LogP contribution is -2.32. The molecule has 0 bridgehead atoms. The van der Waals surface area contributed by atoms with E-state index in [1.54, 1.807) is 46.5 Å². The number of rotatable bonds is 10. The Morgan fingerprint density at radius 3 is 1.51 bits per heavy atom. The molecule has 0 fully saturated rings. The van der Waals surface area contributed by atoms with Crippen LogP contribution in [0.25, 0.3) is 11.1 Å². The van der Waals surface area contributed by atoms with E-state index in [1.807, 2.05) is 48.8 Å². The van der Waals surface area contributed by atoms with Crippen LogP contribution < -0.4 is 37.9 Å². The van der Waals surface area contributed by atoms with Crippen LogP contribution in [-0.4, -0.2) is 87.1 Å². The molecule has 2 atom stereocenters. The predicted molar refractivity (Wildman–Crippen MR) is 208 cm³/mol. The fraction of sp³-hybridized carbons (Fsp3) is 0.256. The second kappa shape index (κ2) is 14.0. The summed E-state index contributed by atoms with van der Waals surface area (Å²) in [5, 5.41) is 0. The van der Waals surface area contributed by atoms with Crippen molar-refractivity contribution in [3.05, 3.63) is 95.3 Å². The average Bonchev–Trinajstić information content (AvgIpc) is 4.05. The Kier molecular flexibility index (Phi) is 8.46. The number of benzene rings is 4. The van der Waals surface area contributed by atoms with Crippen molar-refractivity contribution in [3.8, 4) is 46.0 Å². The normalized spacial score (nSPS) is 19.3. The molecule has 14 nitrogen and oxygen atoms in total. The molecule has 57 heavy (non-hydrogen) atoms. The minimum absolute atomic E-state index is 0.176. The van der Waals surface area contributed by atoms with Gasteiger partial charge in [-0.05, 0) is 58.7 Å². The van der Waals surface area contributed by atoms with E-state index in [2.05, 4.69) is 0 Å². The zero-order chi connectivity index (χ0) is 38.6. The van der Waals surface area contributed by atoms with E-state index in [0.717, 1.165) is 22.3 Å². The van der Waals surface area contributed by atoms with Crippen LogP contribution in [-0.2, 0) is 0 Å². The quantitative estimate of drug-likeness (QED) is 0.156. The third kappa shape index (κ3) is 6.13. The van der Waals surface area contributed by atoms with Crippen LogP contribution >= 0.6 is 0 Å². The lowest BCUT2D eigenvalue weighted by molar-refractivity contribution is 0.0809. The lowest BCUT2D eigenvalue weighted by atomic mass is 10.0. The fourth-order valence-electron chi connectivity index (χ4n) is 7.76. The number of aliphatic imine (C=N–C) groups is 2. The molecule has 0 N–H and O–H groups in total. The molecule has 6 aliphatic rings. The highest BCUT2D eigenvalue weighted by molar-refractivity contribution is 6.06. The van der Waals surface area contributed by atoms with Gasteiger partial charge in [-0.1, -0.05) is 12.1 Å². The summed E-state index contributed by atoms with van der Waals surface area (Å²) in [5.74, 6) is 4.23. The molecule has 0 radical (unpaired) electrons. The molecule has 288 valence electrons. The Morgan fingerprint density at radius 2 is 1.05 bits per heavy atom. The molecule has 0 unspecified atom stereocenters. The SMILES string of the molecule is COc1cc2c(cc1OCCCOc1cc3c(cc1OC)C(=O)N1C=C(c4ccc5c(c4)OCO5)C[C@H]1C=N3)N=C[C@@H]1CC(c3ccc4c(c3)OCO4)=CN1C2=O. The number of hydrogen-bond acceptors (Lipinski definition) is 12. The van der Waals surface area contributed by atoms with E-state index < -0.39 is 0 Å². The van der Waals surface area contributed by atoms with Crippen LogP contribution in [0.1, 0.15) is 51.1 Å². The maximum Gasteiger partial charge on any atom is 0.260 e. The van der Waals surface area contributed by atoms with E-state index in [4.69, 9.17) is 47.9 Å². The maximum absolute atomic E-state index is 13.8. The molecule has 14 heteroatoms. The van der Waals surface area contributed by atoms with Crippen molar-refractivity contribution in [1.82, 2.24) is 9.80 Å². The van der Waals surface area contributed by atoms with Gasteiger partial charge in [-0.15, -0.1) is 0 Å². The first kappa shape index (κ1) is 34.5. The monoisotopic (exact) mass is 768 g/mol. The summed E-state index contributed by atoms with van der Waals surface area (Å²) >= 11 is 0. The molecule has 4 aromatic carbocycles. The molecule has 0 saturated carbocycles. The molecule has 0 aromatic heterocycles. The van der Waals surface area contributed by atoms with Gasteiger partial charge in [0, 0.05) is 56.2 Å². The molecular formula is C43H36N4O10. The van der Waals surface area contributed by atoms with Gasteiger partial charge in [0.15, 0.2) is 46.0 Å². The summed E-state index contributed by atoms with van der Waals surface area (Å²) in [4.78, 5) is 40.5. The summed E-state index contributed by atoms with van der Waals surface area (Å²) in [5.41, 5.74) is 5.79. The van der Waals surface area contributed by atoms with Crippen LogP contribution in [0.15, 0.2) is 83.0 Å². The maximum atomic E-state index is 13.8. The summed E-state index contributed by atoms with van der Waals surface area (Å²) < 4.78 is 45.6. The number of carbonyl (C=O) groups excluding carboxylic acids is 2. The molecule has 10 rings (SSSR count). The molecule has 6 aliphatic heterocycles. The topological polar surface area (TPSA) is 139 Å². The number of ether oxygens (including phenoxy) is 8. The van der Waals surface area contributed by atoms with Crippen LogP contribution in [0.4, 0.5) is 11.4 Å². The van der Waals surface area contributed by atoms with Gasteiger partial charge in [0.1, 0.15) is 0 Å². The smallest absolute Gasteiger partial charge is 0.260 e. The van der Waals surface area contributed by atoms with E-state index in [-0.39, 0.29) is 37.5 Å². The first-order valence-corrected chi connectivity index (χ1v) is 18.6. The van der Waals surface area contributed by atoms with Crippen molar-refractivity contribution in [2.24, 2.45) is 9.98 Å². The van der Waals surface area contributed by atoms with Crippen molar-refractivity contribution in [2.45, 2.75) is 31.3 Å². The Hall–Kier alpha value is -6.96. The van der Waals surface area contributed by atoms with Crippen LogP contribution in [0, 0.1) is 0 Å². The van der Waals surface area contributed by atoms with Gasteiger partial charge in [-0.3, -0.25) is 19.6 Å². The molecule has 6 heterocycles. The lowest BCUT2D eigenvalue weighted by Gasteiger charge is -2.19. The van der Waals surface area contributed by atoms with E-state index in [0.29, 0.717) is 101 Å². The van der Waals surface area contributed by atoms with E-state index >= 15 is 0 Å². The first-order valence-electron chi connectivity index (χ1n) is 18.6. The van der Waals surface area contributed by atoms with E-state index in [1.165, 1.54) is 14.2 Å². The van der Waals surface area contributed by atoms with Gasteiger partial charge < -0.3 is 47.7 Å². The molecule has 0 aliphatic carbocycles. The Balaban J connectivity index is 0.787. The summed E-state index contributed by atoms with van der Waals surface area (Å²) in [6.07, 6.45) is 9.10. The number of fused-ring (bicyclic) bond motifs is 6. The molecule has 4 aromatic rings. The molecule has 0 saturated heterocycles. The van der Waals surface area contributed by atoms with Gasteiger partial charge in [-0.25, -0.2) is 0 Å². The van der Waals surface area contributed by atoms with Gasteiger partial charge in [0.05, 0.1) is 62.0 Å². The summed E-state index contributed by atoms with van der Waals surface area (Å²) in [6.45, 7) is 0.987. The van der Waals surface area contributed by atoms with Gasteiger partial charge in [-0.2, -0.15) is 0 Å². The first-order chi connectivity index (χ1) is 27.9. The van der Waals surface area contributed by atoms with Crippen molar-refractivity contribution >= 4 is 46.8 Å². The van der Waals surface area contributed by atoms with Gasteiger partial charge in [0.25, 0.3) is 11.8 Å². The number of nitrogens with zero attached hydrogens (tertiary/aromatic N) is 4. The van der Waals surface area contributed by atoms with Crippen molar-refractivity contribution in [2.75, 3.05) is 41.0 Å².